The molecule has 16 rings (SSSR count). The van der Waals surface area contributed by atoms with Gasteiger partial charge in [0, 0.05) is 138 Å². The maximum absolute atomic E-state index is 13.7. The van der Waals surface area contributed by atoms with Crippen LogP contribution in [0.2, 0.25) is 0 Å². The minimum Gasteiger partial charge on any atom is -0.508 e. The number of pyridine rings is 3. The molecule has 24 nitrogen and oxygen atoms in total. The van der Waals surface area contributed by atoms with Gasteiger partial charge in [0.2, 0.25) is 5.95 Å². The number of benzene rings is 1. The molecule has 33 heteroatoms. The van der Waals surface area contributed by atoms with E-state index in [1.165, 1.54) is 59.8 Å². The van der Waals surface area contributed by atoms with Gasteiger partial charge in [-0.05, 0) is 122 Å². The van der Waals surface area contributed by atoms with E-state index in [-0.39, 0.29) is 81.8 Å². The summed E-state index contributed by atoms with van der Waals surface area (Å²) >= 11 is 5.22. The van der Waals surface area contributed by atoms with Gasteiger partial charge >= 0.3 is 6.18 Å². The van der Waals surface area contributed by atoms with Crippen LogP contribution in [0.4, 0.5) is 45.2 Å². The standard InChI is InChI=1S/C19H22F3N5OS.C19H24N4O2S.2C18H22FN5OS/c1-12-17(23)18(11-28-12)3-6-27(7-4-18)15-9-26-16(10-25-15)29-13-2-5-24-14(8-13)19(20,21)22;1-13-18(20)19(12-25-13)5-7-23(8-6-19)16-10-22-17(11-21-16)26-15-4-2-3-14(24)9-15;1-12-17(20)18(11-25-12)3-6-24(7-4-18)15-9-23-16(10-22-15)26-14-2-5-21-8-13(14)19;1-12-17(20)18(11-25-12)3-6-24(7-4-18)15-9-23-16(10-22-15)26-13-2-5-21-14(19)8-13/h2,5,8-10,12,17H,3-4,6-7,11,23H2,1H3;2-4,9-11,13,18,24H,5-8,12,20H2,1H3;2*2,5,8-10,12,17H,3-4,6-7,11,20H2,1H3/t12-,17+;13-,18+;2*12-,17+/m0000/s1. The van der Waals surface area contributed by atoms with Crippen molar-refractivity contribution in [2.45, 2.75) is 174 Å². The molecule has 570 valence electrons. The summed E-state index contributed by atoms with van der Waals surface area (Å²) in [6, 6.07) is 14.8. The fraction of sp³-hybridized carbons (Fsp3) is 0.500. The van der Waals surface area contributed by atoms with Crippen molar-refractivity contribution in [3.05, 3.63) is 146 Å². The Morgan fingerprint density at radius 1 is 0.411 bits per heavy atom. The molecule has 8 aliphatic rings. The molecule has 4 spiro atoms. The Morgan fingerprint density at radius 2 is 0.757 bits per heavy atom. The van der Waals surface area contributed by atoms with E-state index >= 15 is 0 Å². The zero-order valence-electron chi connectivity index (χ0n) is 60.0. The highest BCUT2D eigenvalue weighted by Crippen LogP contribution is 2.47. The van der Waals surface area contributed by atoms with Crippen molar-refractivity contribution in [2.75, 3.05) is 98.4 Å². The number of phenolic OH excluding ortho intramolecular Hbond substituents is 1. The quantitative estimate of drug-likeness (QED) is 0.0560. The number of anilines is 4. The van der Waals surface area contributed by atoms with E-state index < -0.39 is 17.8 Å². The summed E-state index contributed by atoms with van der Waals surface area (Å²) in [4.78, 5) is 58.1. The number of aromatic nitrogens is 11. The van der Waals surface area contributed by atoms with Gasteiger partial charge in [0.15, 0.2) is 5.82 Å². The molecule has 0 bridgehead atoms. The fourth-order valence-electron chi connectivity index (χ4n) is 15.3. The largest absolute Gasteiger partial charge is 0.508 e. The number of piperidine rings is 4. The molecule has 0 amide bonds. The van der Waals surface area contributed by atoms with Crippen molar-refractivity contribution < 1.29 is 46.0 Å². The third kappa shape index (κ3) is 18.5. The molecule has 107 heavy (non-hydrogen) atoms. The fourth-order valence-corrected chi connectivity index (χ4v) is 18.2. The zero-order valence-corrected chi connectivity index (χ0v) is 63.3. The zero-order chi connectivity index (χ0) is 75.1. The van der Waals surface area contributed by atoms with Crippen LogP contribution >= 0.6 is 47.0 Å². The number of halogens is 5. The predicted molar refractivity (Wildman–Crippen MR) is 399 cm³/mol. The van der Waals surface area contributed by atoms with E-state index in [9.17, 15) is 27.1 Å². The number of alkyl halides is 3. The second-order valence-electron chi connectivity index (χ2n) is 28.8. The second kappa shape index (κ2) is 33.9. The molecular weight excluding hydrogens is 1460 g/mol. The lowest BCUT2D eigenvalue weighted by molar-refractivity contribution is -0.141. The molecule has 15 heterocycles. The summed E-state index contributed by atoms with van der Waals surface area (Å²) in [6.45, 7) is 18.3. The SMILES string of the molecule is C[C@@H]1OCC2(CCN(c3cnc(Sc4cccc(O)c4)cn3)CC2)[C@@H]1N.C[C@@H]1OCC2(CCN(c3cnc(Sc4ccnc(C(F)(F)F)c4)cn3)CC2)[C@@H]1N.C[C@@H]1OCC2(CCN(c3cnc(Sc4ccnc(F)c4)cn3)CC2)[C@@H]1N.C[C@@H]1OCC2(CCN(c3cnc(Sc4ccncc4F)cn3)CC2)[C@@H]1N. The van der Waals surface area contributed by atoms with Gasteiger partial charge in [0.05, 0.1) is 112 Å². The Morgan fingerprint density at radius 3 is 1.07 bits per heavy atom. The normalized spacial score (nSPS) is 24.8. The lowest BCUT2D eigenvalue weighted by atomic mass is 9.73. The molecular formula is C74H90F5N19O5S4. The number of phenols is 1. The summed E-state index contributed by atoms with van der Waals surface area (Å²) in [5, 5.41) is 12.3. The first-order valence-corrected chi connectivity index (χ1v) is 39.2. The first kappa shape index (κ1) is 77.9. The van der Waals surface area contributed by atoms with Crippen molar-refractivity contribution in [1.82, 2.24) is 54.8 Å². The van der Waals surface area contributed by atoms with E-state index in [0.717, 1.165) is 191 Å². The predicted octanol–water partition coefficient (Wildman–Crippen LogP) is 11.0. The number of hydrogen-bond donors (Lipinski definition) is 5. The Balaban J connectivity index is 0.000000126. The monoisotopic (exact) mass is 1550 g/mol. The summed E-state index contributed by atoms with van der Waals surface area (Å²) < 4.78 is 88.3. The van der Waals surface area contributed by atoms with Gasteiger partial charge in [-0.15, -0.1) is 0 Å². The molecule has 0 unspecified atom stereocenters. The Kier molecular flexibility index (Phi) is 24.7. The van der Waals surface area contributed by atoms with Crippen molar-refractivity contribution in [1.29, 1.82) is 0 Å². The van der Waals surface area contributed by atoms with Gasteiger partial charge in [0.1, 0.15) is 54.8 Å². The first-order chi connectivity index (χ1) is 51.4. The van der Waals surface area contributed by atoms with Crippen LogP contribution in [-0.2, 0) is 25.1 Å². The second-order valence-corrected chi connectivity index (χ2v) is 33.2. The van der Waals surface area contributed by atoms with Crippen LogP contribution in [0.25, 0.3) is 0 Å². The maximum atomic E-state index is 13.7. The van der Waals surface area contributed by atoms with Crippen molar-refractivity contribution in [3.8, 4) is 5.75 Å². The van der Waals surface area contributed by atoms with Crippen LogP contribution in [0, 0.1) is 33.4 Å². The molecule has 7 aromatic heterocycles. The summed E-state index contributed by atoms with van der Waals surface area (Å²) in [5.74, 6) is 2.78. The third-order valence-electron chi connectivity index (χ3n) is 22.3. The molecule has 9 N–H and O–H groups in total. The minimum absolute atomic E-state index is 0.0384. The molecule has 8 aromatic rings. The maximum Gasteiger partial charge on any atom is 0.433 e. The average Bonchev–Trinajstić information content (AvgIpc) is 1.63. The summed E-state index contributed by atoms with van der Waals surface area (Å²) in [5.41, 5.74) is 24.9. The average molecular weight is 1550 g/mol. The van der Waals surface area contributed by atoms with Crippen LogP contribution in [0.5, 0.6) is 5.75 Å². The highest BCUT2D eigenvalue weighted by atomic mass is 32.2. The van der Waals surface area contributed by atoms with Crippen LogP contribution < -0.4 is 42.5 Å². The minimum atomic E-state index is -4.47. The van der Waals surface area contributed by atoms with Crippen molar-refractivity contribution in [3.63, 3.8) is 0 Å². The lowest BCUT2D eigenvalue weighted by Crippen LogP contribution is -2.50. The topological polar surface area (TPSA) is 316 Å². The lowest BCUT2D eigenvalue weighted by Gasteiger charge is -2.41. The van der Waals surface area contributed by atoms with Gasteiger partial charge in [-0.25, -0.2) is 49.2 Å². The van der Waals surface area contributed by atoms with Gasteiger partial charge in [-0.3, -0.25) is 9.97 Å². The van der Waals surface area contributed by atoms with E-state index in [4.69, 9.17) is 41.9 Å². The number of ether oxygens (including phenoxy) is 4. The number of nitrogens with zero attached hydrogens (tertiary/aromatic N) is 15. The number of nitrogens with two attached hydrogens (primary N) is 4. The van der Waals surface area contributed by atoms with Gasteiger partial charge < -0.3 is 66.6 Å². The molecule has 1 aromatic carbocycles. The summed E-state index contributed by atoms with van der Waals surface area (Å²) in [6.07, 6.45) is 23.2. The van der Waals surface area contributed by atoms with Crippen molar-refractivity contribution >= 4 is 70.3 Å². The van der Waals surface area contributed by atoms with E-state index in [1.807, 2.05) is 25.3 Å². The third-order valence-corrected chi connectivity index (χ3v) is 26.0. The smallest absolute Gasteiger partial charge is 0.433 e. The molecule has 8 atom stereocenters. The molecule has 0 aliphatic carbocycles. The van der Waals surface area contributed by atoms with Gasteiger partial charge in [-0.2, -0.15) is 17.6 Å². The molecule has 8 fully saturated rings. The molecule has 0 saturated carbocycles. The number of aromatic hydroxyl groups is 1. The van der Waals surface area contributed by atoms with Gasteiger partial charge in [0.25, 0.3) is 0 Å². The van der Waals surface area contributed by atoms with E-state index in [2.05, 4.69) is 95.2 Å². The van der Waals surface area contributed by atoms with Crippen LogP contribution in [-0.4, -0.2) is 187 Å². The Labute approximate surface area is 636 Å². The summed E-state index contributed by atoms with van der Waals surface area (Å²) in [7, 11) is 0. The van der Waals surface area contributed by atoms with Crippen LogP contribution in [0.3, 0.4) is 0 Å². The van der Waals surface area contributed by atoms with Crippen LogP contribution in [0.1, 0.15) is 84.8 Å². The molecule has 8 saturated heterocycles. The molecule has 8 aliphatic heterocycles. The Bertz CT molecular complexity index is 4090. The van der Waals surface area contributed by atoms with E-state index in [1.54, 1.807) is 73.8 Å². The molecule has 0 radical (unpaired) electrons. The van der Waals surface area contributed by atoms with Crippen LogP contribution in [0.15, 0.2) is 169 Å². The highest BCUT2D eigenvalue weighted by molar-refractivity contribution is 8.00. The number of hydrogen-bond acceptors (Lipinski definition) is 28. The highest BCUT2D eigenvalue weighted by Gasteiger charge is 2.51. The Hall–Kier alpha value is -7.28. The first-order valence-electron chi connectivity index (χ1n) is 36.0. The van der Waals surface area contributed by atoms with Gasteiger partial charge in [-0.1, -0.05) is 53.1 Å². The van der Waals surface area contributed by atoms with E-state index in [0.29, 0.717) is 26.4 Å². The number of rotatable bonds is 12. The van der Waals surface area contributed by atoms with Crippen molar-refractivity contribution in [2.24, 2.45) is 44.6 Å².